The number of hydrogen-bond donors (Lipinski definition) is 0. The molecule has 0 spiro atoms. The van der Waals surface area contributed by atoms with E-state index in [1.54, 1.807) is 18.5 Å². The lowest BCUT2D eigenvalue weighted by molar-refractivity contribution is 0.0635. The van der Waals surface area contributed by atoms with Gasteiger partial charge in [-0.3, -0.25) is 0 Å². The molecule has 0 radical (unpaired) electrons. The first-order chi connectivity index (χ1) is 12.3. The van der Waals surface area contributed by atoms with Gasteiger partial charge in [-0.25, -0.2) is 9.97 Å². The van der Waals surface area contributed by atoms with Crippen molar-refractivity contribution in [2.45, 2.75) is 32.5 Å². The molecule has 1 saturated heterocycles. The fourth-order valence-corrected chi connectivity index (χ4v) is 3.08. The van der Waals surface area contributed by atoms with Gasteiger partial charge in [0, 0.05) is 56.5 Å². The van der Waals surface area contributed by atoms with Gasteiger partial charge in [0.2, 0.25) is 11.8 Å². The molecule has 1 aliphatic rings. The number of hydrogen-bond acceptors (Lipinski definition) is 6. The average Bonchev–Trinajstić information content (AvgIpc) is 3.40. The van der Waals surface area contributed by atoms with Crippen molar-refractivity contribution in [1.29, 1.82) is 0 Å². The van der Waals surface area contributed by atoms with Gasteiger partial charge in [0.05, 0.1) is 6.33 Å². The Morgan fingerprint density at radius 1 is 1.24 bits per heavy atom. The zero-order chi connectivity index (χ0) is 17.1. The van der Waals surface area contributed by atoms with Crippen molar-refractivity contribution in [2.75, 3.05) is 6.61 Å². The van der Waals surface area contributed by atoms with Gasteiger partial charge in [0.25, 0.3) is 0 Å². The Balaban J connectivity index is 1.47. The molecule has 130 valence electrons. The molecule has 4 heterocycles. The van der Waals surface area contributed by atoms with Crippen LogP contribution in [0.15, 0.2) is 35.5 Å². The van der Waals surface area contributed by atoms with E-state index in [1.165, 1.54) is 0 Å². The molecule has 0 saturated carbocycles. The van der Waals surface area contributed by atoms with E-state index < -0.39 is 0 Å². The third-order valence-corrected chi connectivity index (χ3v) is 4.38. The number of nitrogens with zero attached hydrogens (tertiary/aromatic N) is 6. The van der Waals surface area contributed by atoms with E-state index in [1.807, 2.05) is 33.9 Å². The lowest BCUT2D eigenvalue weighted by atomic mass is 10.0. The molecule has 0 N–H and O–H groups in total. The monoisotopic (exact) mass is 340 g/mol. The molecule has 2 atom stereocenters. The lowest BCUT2D eigenvalue weighted by Gasteiger charge is -2.15. The summed E-state index contributed by atoms with van der Waals surface area (Å²) in [7, 11) is 0. The maximum atomic E-state index is 5.83. The summed E-state index contributed by atoms with van der Waals surface area (Å²) in [4.78, 5) is 8.38. The van der Waals surface area contributed by atoms with Gasteiger partial charge < -0.3 is 18.3 Å². The predicted octanol–water partition coefficient (Wildman–Crippen LogP) is 2.43. The summed E-state index contributed by atoms with van der Waals surface area (Å²) in [6.07, 6.45) is 13.7. The highest BCUT2D eigenvalue weighted by atomic mass is 16.5. The molecule has 0 aromatic carbocycles. The molecule has 25 heavy (non-hydrogen) atoms. The SMILES string of the molecule is CCn1ccnc1/C=C/c1nnc([C@H]2OCC[C@H]2Cn2ccnc2)o1. The minimum absolute atomic E-state index is 0.172. The highest BCUT2D eigenvalue weighted by Gasteiger charge is 2.34. The van der Waals surface area contributed by atoms with Crippen LogP contribution in [0.25, 0.3) is 12.2 Å². The highest BCUT2D eigenvalue weighted by Crippen LogP contribution is 2.35. The molecule has 1 aliphatic heterocycles. The predicted molar refractivity (Wildman–Crippen MR) is 90.2 cm³/mol. The largest absolute Gasteiger partial charge is 0.418 e. The second-order valence-electron chi connectivity index (χ2n) is 5.98. The minimum Gasteiger partial charge on any atom is -0.418 e. The van der Waals surface area contributed by atoms with Crippen molar-refractivity contribution >= 4 is 12.2 Å². The van der Waals surface area contributed by atoms with E-state index >= 15 is 0 Å². The van der Waals surface area contributed by atoms with Crippen LogP contribution in [0.1, 0.15) is 37.1 Å². The van der Waals surface area contributed by atoms with Crippen LogP contribution in [-0.2, 0) is 17.8 Å². The quantitative estimate of drug-likeness (QED) is 0.685. The molecular weight excluding hydrogens is 320 g/mol. The Morgan fingerprint density at radius 2 is 2.20 bits per heavy atom. The molecule has 0 aliphatic carbocycles. The molecule has 8 nitrogen and oxygen atoms in total. The summed E-state index contributed by atoms with van der Waals surface area (Å²) in [5, 5.41) is 8.28. The number of ether oxygens (including phenoxy) is 1. The van der Waals surface area contributed by atoms with Gasteiger partial charge in [-0.2, -0.15) is 0 Å². The van der Waals surface area contributed by atoms with Crippen LogP contribution in [0, 0.1) is 5.92 Å². The van der Waals surface area contributed by atoms with Gasteiger partial charge in [-0.05, 0) is 19.4 Å². The Hall–Kier alpha value is -2.74. The molecule has 0 amide bonds. The number of aryl methyl sites for hydroxylation is 1. The first-order valence-electron chi connectivity index (χ1n) is 8.43. The number of imidazole rings is 2. The van der Waals surface area contributed by atoms with Gasteiger partial charge >= 0.3 is 0 Å². The van der Waals surface area contributed by atoms with Gasteiger partial charge in [0.15, 0.2) is 0 Å². The van der Waals surface area contributed by atoms with E-state index in [-0.39, 0.29) is 6.10 Å². The third kappa shape index (κ3) is 3.39. The van der Waals surface area contributed by atoms with Gasteiger partial charge in [0.1, 0.15) is 11.9 Å². The van der Waals surface area contributed by atoms with Crippen LogP contribution in [-0.4, -0.2) is 35.9 Å². The first kappa shape index (κ1) is 15.8. The first-order valence-corrected chi connectivity index (χ1v) is 8.43. The molecule has 8 heteroatoms. The van der Waals surface area contributed by atoms with Gasteiger partial charge in [-0.15, -0.1) is 10.2 Å². The van der Waals surface area contributed by atoms with Crippen LogP contribution in [0.3, 0.4) is 0 Å². The highest BCUT2D eigenvalue weighted by molar-refractivity contribution is 5.62. The Morgan fingerprint density at radius 3 is 3.04 bits per heavy atom. The van der Waals surface area contributed by atoms with Crippen molar-refractivity contribution in [3.63, 3.8) is 0 Å². The second-order valence-corrected chi connectivity index (χ2v) is 5.98. The summed E-state index contributed by atoms with van der Waals surface area (Å²) < 4.78 is 15.7. The minimum atomic E-state index is -0.172. The molecule has 3 aromatic rings. The molecule has 0 unspecified atom stereocenters. The van der Waals surface area contributed by atoms with Crippen molar-refractivity contribution in [3.05, 3.63) is 48.7 Å². The molecular formula is C17H20N6O2. The lowest BCUT2D eigenvalue weighted by Crippen LogP contribution is -2.14. The topological polar surface area (TPSA) is 83.8 Å². The van der Waals surface area contributed by atoms with Gasteiger partial charge in [-0.1, -0.05) is 0 Å². The van der Waals surface area contributed by atoms with Crippen LogP contribution in [0.2, 0.25) is 0 Å². The third-order valence-electron chi connectivity index (χ3n) is 4.38. The molecule has 4 rings (SSSR count). The number of rotatable bonds is 6. The van der Waals surface area contributed by atoms with E-state index in [2.05, 4.69) is 27.1 Å². The molecule has 3 aromatic heterocycles. The Labute approximate surface area is 145 Å². The van der Waals surface area contributed by atoms with Crippen molar-refractivity contribution < 1.29 is 9.15 Å². The fraction of sp³-hybridized carbons (Fsp3) is 0.412. The van der Waals surface area contributed by atoms with E-state index in [4.69, 9.17) is 9.15 Å². The average molecular weight is 340 g/mol. The number of aromatic nitrogens is 6. The fourth-order valence-electron chi connectivity index (χ4n) is 3.08. The zero-order valence-electron chi connectivity index (χ0n) is 14.0. The van der Waals surface area contributed by atoms with Crippen LogP contribution in [0.5, 0.6) is 0 Å². The zero-order valence-corrected chi connectivity index (χ0v) is 14.0. The van der Waals surface area contributed by atoms with Crippen LogP contribution < -0.4 is 0 Å². The van der Waals surface area contributed by atoms with E-state index in [0.717, 1.165) is 25.3 Å². The maximum Gasteiger partial charge on any atom is 0.245 e. The van der Waals surface area contributed by atoms with Crippen molar-refractivity contribution in [3.8, 4) is 0 Å². The summed E-state index contributed by atoms with van der Waals surface area (Å²) in [6.45, 7) is 4.46. The van der Waals surface area contributed by atoms with E-state index in [0.29, 0.717) is 24.3 Å². The summed E-state index contributed by atoms with van der Waals surface area (Å²) in [5.74, 6) is 2.14. The summed E-state index contributed by atoms with van der Waals surface area (Å²) in [6, 6.07) is 0. The van der Waals surface area contributed by atoms with E-state index in [9.17, 15) is 0 Å². The Kier molecular flexibility index (Phi) is 4.43. The normalized spacial score (nSPS) is 20.7. The second kappa shape index (κ2) is 7.02. The van der Waals surface area contributed by atoms with Crippen LogP contribution >= 0.6 is 0 Å². The van der Waals surface area contributed by atoms with Crippen molar-refractivity contribution in [2.24, 2.45) is 5.92 Å². The summed E-state index contributed by atoms with van der Waals surface area (Å²) >= 11 is 0. The molecule has 1 fully saturated rings. The standard InChI is InChI=1S/C17H20N6O2/c1-2-23-9-7-19-14(23)3-4-15-20-21-17(25-15)16-13(5-10-24-16)11-22-8-6-18-12-22/h3-4,6-9,12-13,16H,2,5,10-11H2,1H3/b4-3+/t13-,16-/m0/s1. The van der Waals surface area contributed by atoms with Crippen molar-refractivity contribution in [1.82, 2.24) is 29.3 Å². The Bertz CT molecular complexity index is 835. The smallest absolute Gasteiger partial charge is 0.245 e. The maximum absolute atomic E-state index is 5.83. The molecule has 0 bridgehead atoms. The summed E-state index contributed by atoms with van der Waals surface area (Å²) in [5.41, 5.74) is 0. The van der Waals surface area contributed by atoms with Crippen LogP contribution in [0.4, 0.5) is 0 Å².